The third kappa shape index (κ3) is 3.52. The van der Waals surface area contributed by atoms with E-state index in [1.54, 1.807) is 12.4 Å². The van der Waals surface area contributed by atoms with Crippen molar-refractivity contribution in [2.75, 3.05) is 0 Å². The van der Waals surface area contributed by atoms with Gasteiger partial charge in [0.1, 0.15) is 12.5 Å². The number of aromatic nitrogens is 1. The van der Waals surface area contributed by atoms with Crippen molar-refractivity contribution in [3.63, 3.8) is 0 Å². The van der Waals surface area contributed by atoms with E-state index in [2.05, 4.69) is 11.1 Å². The highest BCUT2D eigenvalue weighted by Gasteiger charge is 2.18. The van der Waals surface area contributed by atoms with Crippen LogP contribution in [-0.2, 0) is 20.7 Å². The molecule has 0 fully saturated rings. The van der Waals surface area contributed by atoms with Gasteiger partial charge in [-0.1, -0.05) is 18.2 Å². The van der Waals surface area contributed by atoms with Gasteiger partial charge in [0.05, 0.1) is 0 Å². The molecule has 0 unspecified atom stereocenters. The minimum absolute atomic E-state index is 0.0652. The average Bonchev–Trinajstić information content (AvgIpc) is 2.61. The number of nitrogens with zero attached hydrogens (tertiary/aromatic N) is 1. The van der Waals surface area contributed by atoms with Crippen LogP contribution < -0.4 is 0 Å². The predicted octanol–water partition coefficient (Wildman–Crippen LogP) is 3.59. The van der Waals surface area contributed by atoms with Crippen molar-refractivity contribution in [3.05, 3.63) is 77.9 Å². The standard InChI is InChI=1S/C18H17NO3/c20-16(7-6-14-8-10-19-11-9-14)18-13-21-17(12-22-18)15-4-2-1-3-5-15/h1-2,4,8-13H,3,5-7H2. The minimum Gasteiger partial charge on any atom is -0.457 e. The Kier molecular flexibility index (Phi) is 4.49. The van der Waals surface area contributed by atoms with Crippen LogP contribution in [0.5, 0.6) is 0 Å². The first-order valence-corrected chi connectivity index (χ1v) is 7.35. The average molecular weight is 295 g/mol. The summed E-state index contributed by atoms with van der Waals surface area (Å²) in [5.41, 5.74) is 2.16. The normalized spacial score (nSPS) is 16.8. The summed E-state index contributed by atoms with van der Waals surface area (Å²) in [6.45, 7) is 0. The van der Waals surface area contributed by atoms with Gasteiger partial charge in [-0.05, 0) is 42.5 Å². The Morgan fingerprint density at radius 3 is 2.73 bits per heavy atom. The Balaban J connectivity index is 1.54. The van der Waals surface area contributed by atoms with E-state index in [0.717, 1.165) is 24.0 Å². The number of ketones is 1. The van der Waals surface area contributed by atoms with E-state index < -0.39 is 0 Å². The summed E-state index contributed by atoms with van der Waals surface area (Å²) < 4.78 is 11.0. The van der Waals surface area contributed by atoms with E-state index in [1.165, 1.54) is 12.5 Å². The van der Waals surface area contributed by atoms with Gasteiger partial charge in [0.25, 0.3) is 0 Å². The summed E-state index contributed by atoms with van der Waals surface area (Å²) in [5, 5.41) is 0. The molecule has 0 saturated carbocycles. The summed E-state index contributed by atoms with van der Waals surface area (Å²) in [6, 6.07) is 3.81. The molecule has 0 amide bonds. The number of hydrogen-bond donors (Lipinski definition) is 0. The number of allylic oxidation sites excluding steroid dienone is 5. The van der Waals surface area contributed by atoms with Gasteiger partial charge in [-0.25, -0.2) is 0 Å². The van der Waals surface area contributed by atoms with Crippen molar-refractivity contribution < 1.29 is 14.3 Å². The number of carbonyl (C=O) groups excluding carboxylic acids is 1. The Hall–Kier alpha value is -2.62. The van der Waals surface area contributed by atoms with Crippen molar-refractivity contribution in [2.24, 2.45) is 0 Å². The molecule has 0 bridgehead atoms. The summed E-state index contributed by atoms with van der Waals surface area (Å²) in [6.07, 6.45) is 15.4. The Morgan fingerprint density at radius 1 is 1.18 bits per heavy atom. The van der Waals surface area contributed by atoms with Crippen LogP contribution in [0.2, 0.25) is 0 Å². The fourth-order valence-corrected chi connectivity index (χ4v) is 2.31. The van der Waals surface area contributed by atoms with Crippen molar-refractivity contribution in [3.8, 4) is 0 Å². The maximum Gasteiger partial charge on any atom is 0.204 e. The van der Waals surface area contributed by atoms with E-state index in [-0.39, 0.29) is 11.5 Å². The topological polar surface area (TPSA) is 48.4 Å². The van der Waals surface area contributed by atoms with Crippen molar-refractivity contribution >= 4 is 5.78 Å². The molecule has 112 valence electrons. The van der Waals surface area contributed by atoms with Crippen LogP contribution >= 0.6 is 0 Å². The lowest BCUT2D eigenvalue weighted by Crippen LogP contribution is -2.10. The van der Waals surface area contributed by atoms with E-state index in [0.29, 0.717) is 18.6 Å². The van der Waals surface area contributed by atoms with Gasteiger partial charge >= 0.3 is 0 Å². The largest absolute Gasteiger partial charge is 0.457 e. The second kappa shape index (κ2) is 6.89. The summed E-state index contributed by atoms with van der Waals surface area (Å²) >= 11 is 0. The van der Waals surface area contributed by atoms with E-state index in [1.807, 2.05) is 24.3 Å². The van der Waals surface area contributed by atoms with Crippen LogP contribution in [0.25, 0.3) is 0 Å². The number of pyridine rings is 1. The molecule has 1 aliphatic heterocycles. The molecule has 0 aromatic carbocycles. The zero-order chi connectivity index (χ0) is 15.2. The fraction of sp³-hybridized carbons (Fsp3) is 0.222. The highest BCUT2D eigenvalue weighted by Crippen LogP contribution is 2.25. The van der Waals surface area contributed by atoms with Gasteiger partial charge in [-0.15, -0.1) is 0 Å². The lowest BCUT2D eigenvalue weighted by molar-refractivity contribution is -0.118. The highest BCUT2D eigenvalue weighted by molar-refractivity contribution is 5.93. The van der Waals surface area contributed by atoms with Crippen LogP contribution in [0.15, 0.2) is 72.4 Å². The van der Waals surface area contributed by atoms with Gasteiger partial charge in [0.2, 0.25) is 11.5 Å². The molecule has 1 aromatic heterocycles. The van der Waals surface area contributed by atoms with Crippen molar-refractivity contribution in [2.45, 2.75) is 25.7 Å². The molecule has 1 aliphatic carbocycles. The zero-order valence-electron chi connectivity index (χ0n) is 12.2. The molecule has 4 nitrogen and oxygen atoms in total. The van der Waals surface area contributed by atoms with E-state index in [9.17, 15) is 4.79 Å². The number of hydrogen-bond acceptors (Lipinski definition) is 4. The zero-order valence-corrected chi connectivity index (χ0v) is 12.2. The van der Waals surface area contributed by atoms with Gasteiger partial charge < -0.3 is 9.47 Å². The highest BCUT2D eigenvalue weighted by atomic mass is 16.5. The number of Topliss-reactive ketones (excluding diaryl/α,β-unsaturated/α-hetero) is 1. The summed E-state index contributed by atoms with van der Waals surface area (Å²) in [5.74, 6) is 0.865. The number of aryl methyl sites for hydroxylation is 1. The third-order valence-corrected chi connectivity index (χ3v) is 3.58. The van der Waals surface area contributed by atoms with Crippen molar-refractivity contribution in [1.82, 2.24) is 4.98 Å². The Labute approximate surface area is 129 Å². The summed E-state index contributed by atoms with van der Waals surface area (Å²) in [7, 11) is 0. The summed E-state index contributed by atoms with van der Waals surface area (Å²) in [4.78, 5) is 16.1. The second-order valence-electron chi connectivity index (χ2n) is 5.14. The molecule has 0 saturated heterocycles. The Morgan fingerprint density at radius 2 is 2.05 bits per heavy atom. The number of ether oxygens (including phenoxy) is 2. The van der Waals surface area contributed by atoms with Crippen LogP contribution in [0, 0.1) is 0 Å². The van der Waals surface area contributed by atoms with E-state index in [4.69, 9.17) is 9.47 Å². The maximum absolute atomic E-state index is 12.1. The monoisotopic (exact) mass is 295 g/mol. The van der Waals surface area contributed by atoms with Gasteiger partial charge in [-0.2, -0.15) is 0 Å². The second-order valence-corrected chi connectivity index (χ2v) is 5.14. The van der Waals surface area contributed by atoms with Gasteiger partial charge in [0, 0.05) is 18.8 Å². The molecule has 0 radical (unpaired) electrons. The molecule has 2 aliphatic rings. The minimum atomic E-state index is -0.0652. The lowest BCUT2D eigenvalue weighted by atomic mass is 10.0. The van der Waals surface area contributed by atoms with E-state index >= 15 is 0 Å². The first kappa shape index (κ1) is 14.3. The molecule has 3 rings (SSSR count). The molecule has 2 heterocycles. The molecule has 0 N–H and O–H groups in total. The molecule has 4 heteroatoms. The van der Waals surface area contributed by atoms with Crippen molar-refractivity contribution in [1.29, 1.82) is 0 Å². The Bertz CT molecular complexity index is 669. The van der Waals surface area contributed by atoms with Crippen LogP contribution in [0.3, 0.4) is 0 Å². The first-order chi connectivity index (χ1) is 10.8. The molecular formula is C18H17NO3. The molecule has 1 aromatic rings. The molecule has 0 spiro atoms. The van der Waals surface area contributed by atoms with Gasteiger partial charge in [-0.3, -0.25) is 9.78 Å². The van der Waals surface area contributed by atoms with Crippen LogP contribution in [0.4, 0.5) is 0 Å². The molecule has 0 atom stereocenters. The first-order valence-electron chi connectivity index (χ1n) is 7.35. The quantitative estimate of drug-likeness (QED) is 0.833. The SMILES string of the molecule is O=C(CCc1ccncc1)C1=COC(C2=CC=CCC2)=CO1. The predicted molar refractivity (Wildman–Crippen MR) is 82.4 cm³/mol. The fourth-order valence-electron chi connectivity index (χ4n) is 2.31. The maximum atomic E-state index is 12.1. The van der Waals surface area contributed by atoms with Crippen LogP contribution in [0.1, 0.15) is 24.8 Å². The molecule has 22 heavy (non-hydrogen) atoms. The number of carbonyl (C=O) groups is 1. The third-order valence-electron chi connectivity index (χ3n) is 3.58. The smallest absolute Gasteiger partial charge is 0.204 e. The van der Waals surface area contributed by atoms with Crippen LogP contribution in [-0.4, -0.2) is 10.8 Å². The lowest BCUT2D eigenvalue weighted by Gasteiger charge is -2.17. The number of rotatable bonds is 5. The molecular weight excluding hydrogens is 278 g/mol. The van der Waals surface area contributed by atoms with Gasteiger partial charge in [0.15, 0.2) is 5.76 Å².